The molecule has 0 heterocycles. The molecule has 0 unspecified atom stereocenters. The minimum absolute atomic E-state index is 0. The van der Waals surface area contributed by atoms with Gasteiger partial charge in [0.05, 0.1) is 20.6 Å². The number of benzene rings is 1. The second kappa shape index (κ2) is 9.11. The molecule has 2 heteroatoms. The van der Waals surface area contributed by atoms with Crippen molar-refractivity contribution in [3.63, 3.8) is 0 Å². The molecule has 0 bridgehead atoms. The molecule has 19 heavy (non-hydrogen) atoms. The lowest BCUT2D eigenvalue weighted by Gasteiger charge is -2.30. The molecule has 106 valence electrons. The van der Waals surface area contributed by atoms with Crippen LogP contribution in [-0.2, 0) is 0 Å². The molecule has 0 fully saturated rings. The van der Waals surface area contributed by atoms with Crippen LogP contribution in [0.4, 0.5) is 0 Å². The fourth-order valence-electron chi connectivity index (χ4n) is 2.19. The normalized spacial score (nSPS) is 10.6. The summed E-state index contributed by atoms with van der Waals surface area (Å²) in [6.45, 7) is 10.2. The number of halogens is 1. The number of allylic oxidation sites excluding steroid dienone is 1. The van der Waals surface area contributed by atoms with Crippen molar-refractivity contribution >= 4 is 5.57 Å². The van der Waals surface area contributed by atoms with E-state index in [-0.39, 0.29) is 17.0 Å². The van der Waals surface area contributed by atoms with Crippen LogP contribution in [0.5, 0.6) is 0 Å². The van der Waals surface area contributed by atoms with E-state index in [0.29, 0.717) is 0 Å². The second-order valence-electron chi connectivity index (χ2n) is 5.57. The fourth-order valence-corrected chi connectivity index (χ4v) is 2.19. The zero-order valence-electron chi connectivity index (χ0n) is 12.2. The topological polar surface area (TPSA) is 0 Å². The maximum Gasteiger partial charge on any atom is 0.104 e. The Kier molecular flexibility index (Phi) is 8.70. The predicted octanol–water partition coefficient (Wildman–Crippen LogP) is 1.14. The van der Waals surface area contributed by atoms with E-state index < -0.39 is 0 Å². The van der Waals surface area contributed by atoms with Gasteiger partial charge in [-0.3, -0.25) is 0 Å². The maximum atomic E-state index is 4.22. The summed E-state index contributed by atoms with van der Waals surface area (Å²) in [5.74, 6) is 0. The molecule has 0 aromatic heterocycles. The lowest BCUT2D eigenvalue weighted by molar-refractivity contribution is -0.883. The van der Waals surface area contributed by atoms with Crippen molar-refractivity contribution in [1.29, 1.82) is 0 Å². The van der Waals surface area contributed by atoms with E-state index in [1.54, 1.807) is 0 Å². The zero-order valence-corrected chi connectivity index (χ0v) is 13.8. The summed E-state index contributed by atoms with van der Waals surface area (Å²) in [6.07, 6.45) is 5.62. The quantitative estimate of drug-likeness (QED) is 0.382. The number of unbranched alkanes of at least 4 members (excludes halogenated alkanes) is 2. The predicted molar refractivity (Wildman–Crippen MR) is 81.4 cm³/mol. The fraction of sp³-hybridized carbons (Fsp3) is 0.412. The first kappa shape index (κ1) is 18.1. The molecule has 0 aliphatic heterocycles. The molecule has 0 saturated carbocycles. The highest BCUT2D eigenvalue weighted by molar-refractivity contribution is 5.63. The first-order valence-corrected chi connectivity index (χ1v) is 6.71. The van der Waals surface area contributed by atoms with Crippen molar-refractivity contribution in [3.05, 3.63) is 55.1 Å². The Hall–Kier alpha value is -0.860. The van der Waals surface area contributed by atoms with Crippen LogP contribution in [0.15, 0.2) is 49.6 Å². The molecule has 0 aliphatic carbocycles. The third kappa shape index (κ3) is 7.34. The Morgan fingerprint density at radius 2 is 1.79 bits per heavy atom. The van der Waals surface area contributed by atoms with Crippen molar-refractivity contribution in [3.8, 4) is 0 Å². The van der Waals surface area contributed by atoms with Crippen molar-refractivity contribution < 1.29 is 21.5 Å². The minimum atomic E-state index is 0. The van der Waals surface area contributed by atoms with Gasteiger partial charge in [-0.2, -0.15) is 0 Å². The van der Waals surface area contributed by atoms with E-state index in [2.05, 4.69) is 51.5 Å². The summed E-state index contributed by atoms with van der Waals surface area (Å²) in [7, 11) is 4.56. The number of hydrogen-bond donors (Lipinski definition) is 0. The Balaban J connectivity index is 0.00000324. The van der Waals surface area contributed by atoms with Gasteiger partial charge in [0, 0.05) is 5.57 Å². The highest BCUT2D eigenvalue weighted by Crippen LogP contribution is 2.16. The standard InChI is InChI=1S/C17H26N.BrH/c1-5-6-7-11-14-18(3,4)15-16(2)17-12-9-8-10-13-17;/h5,8-10,12-13H,1-2,6-7,11,14-15H2,3-4H3;1H/q+1;/p-1. The molecule has 0 aliphatic rings. The van der Waals surface area contributed by atoms with Gasteiger partial charge in [0.1, 0.15) is 6.54 Å². The van der Waals surface area contributed by atoms with Crippen molar-refractivity contribution in [1.82, 2.24) is 0 Å². The van der Waals surface area contributed by atoms with Gasteiger partial charge in [-0.05, 0) is 24.8 Å². The SMILES string of the molecule is C=CCCCC[N+](C)(C)CC(=C)c1ccccc1.[Br-]. The van der Waals surface area contributed by atoms with Gasteiger partial charge >= 0.3 is 0 Å². The third-order valence-electron chi connectivity index (χ3n) is 3.22. The summed E-state index contributed by atoms with van der Waals surface area (Å²) in [4.78, 5) is 0. The molecule has 0 amide bonds. The van der Waals surface area contributed by atoms with Crippen LogP contribution in [0.25, 0.3) is 5.57 Å². The summed E-state index contributed by atoms with van der Waals surface area (Å²) >= 11 is 0. The van der Waals surface area contributed by atoms with Crippen LogP contribution < -0.4 is 17.0 Å². The van der Waals surface area contributed by atoms with E-state index >= 15 is 0 Å². The van der Waals surface area contributed by atoms with Crippen LogP contribution >= 0.6 is 0 Å². The maximum absolute atomic E-state index is 4.22. The first-order valence-electron chi connectivity index (χ1n) is 6.71. The van der Waals surface area contributed by atoms with Crippen LogP contribution in [0, 0.1) is 0 Å². The molecule has 1 aromatic rings. The van der Waals surface area contributed by atoms with Gasteiger partial charge in [0.2, 0.25) is 0 Å². The van der Waals surface area contributed by atoms with E-state index in [0.717, 1.165) is 17.4 Å². The molecule has 1 aromatic carbocycles. The van der Waals surface area contributed by atoms with E-state index in [1.165, 1.54) is 30.5 Å². The molecular weight excluding hydrogens is 298 g/mol. The van der Waals surface area contributed by atoms with Gasteiger partial charge < -0.3 is 21.5 Å². The molecule has 0 atom stereocenters. The van der Waals surface area contributed by atoms with Crippen LogP contribution in [-0.4, -0.2) is 31.7 Å². The van der Waals surface area contributed by atoms with Gasteiger partial charge in [-0.15, -0.1) is 6.58 Å². The zero-order chi connectivity index (χ0) is 13.4. The van der Waals surface area contributed by atoms with Crippen molar-refractivity contribution in [2.24, 2.45) is 0 Å². The minimum Gasteiger partial charge on any atom is -1.00 e. The third-order valence-corrected chi connectivity index (χ3v) is 3.22. The summed E-state index contributed by atoms with van der Waals surface area (Å²) < 4.78 is 1.00. The van der Waals surface area contributed by atoms with E-state index in [1.807, 2.05) is 12.1 Å². The lowest BCUT2D eigenvalue weighted by Crippen LogP contribution is -3.00. The van der Waals surface area contributed by atoms with Gasteiger partial charge in [-0.1, -0.05) is 43.0 Å². The first-order chi connectivity index (χ1) is 8.55. The highest BCUT2D eigenvalue weighted by atomic mass is 79.9. The molecular formula is C17H26BrN. The Morgan fingerprint density at radius 3 is 2.37 bits per heavy atom. The van der Waals surface area contributed by atoms with Gasteiger partial charge in [-0.25, -0.2) is 0 Å². The van der Waals surface area contributed by atoms with Crippen LogP contribution in [0.3, 0.4) is 0 Å². The monoisotopic (exact) mass is 323 g/mol. The van der Waals surface area contributed by atoms with E-state index in [9.17, 15) is 0 Å². The van der Waals surface area contributed by atoms with Crippen LogP contribution in [0.2, 0.25) is 0 Å². The van der Waals surface area contributed by atoms with Crippen molar-refractivity contribution in [2.75, 3.05) is 27.2 Å². The number of likely N-dealkylation sites (N-methyl/N-ethyl adjacent to an activating group) is 1. The Labute approximate surface area is 129 Å². The Morgan fingerprint density at radius 1 is 1.16 bits per heavy atom. The molecule has 0 radical (unpaired) electrons. The Bertz CT molecular complexity index is 382. The van der Waals surface area contributed by atoms with Crippen LogP contribution in [0.1, 0.15) is 24.8 Å². The number of quaternary nitrogens is 1. The largest absolute Gasteiger partial charge is 1.00 e. The average molecular weight is 324 g/mol. The molecule has 1 nitrogen and oxygen atoms in total. The molecule has 0 spiro atoms. The summed E-state index contributed by atoms with van der Waals surface area (Å²) in [6, 6.07) is 10.5. The second-order valence-corrected chi connectivity index (χ2v) is 5.57. The number of rotatable bonds is 8. The number of nitrogens with zero attached hydrogens (tertiary/aromatic N) is 1. The van der Waals surface area contributed by atoms with Crippen molar-refractivity contribution in [2.45, 2.75) is 19.3 Å². The molecule has 1 rings (SSSR count). The number of hydrogen-bond acceptors (Lipinski definition) is 0. The van der Waals surface area contributed by atoms with Gasteiger partial charge in [0.15, 0.2) is 0 Å². The molecule has 0 N–H and O–H groups in total. The molecule has 0 saturated heterocycles. The average Bonchev–Trinajstić information content (AvgIpc) is 2.35. The lowest BCUT2D eigenvalue weighted by atomic mass is 10.1. The smallest absolute Gasteiger partial charge is 0.104 e. The highest BCUT2D eigenvalue weighted by Gasteiger charge is 2.16. The van der Waals surface area contributed by atoms with Gasteiger partial charge in [0.25, 0.3) is 0 Å². The van der Waals surface area contributed by atoms with E-state index in [4.69, 9.17) is 0 Å². The summed E-state index contributed by atoms with van der Waals surface area (Å²) in [5.41, 5.74) is 2.49. The summed E-state index contributed by atoms with van der Waals surface area (Å²) in [5, 5.41) is 0.